The third kappa shape index (κ3) is 15.6. The standard InChI is InChI=1S/C17H34O4/c1-5-6-7-9-16(4)21-17(18)10-8-11-19-12-13-20-14-15(2)3/h15-16H,5-14H2,1-4H3. The van der Waals surface area contributed by atoms with E-state index in [1.54, 1.807) is 0 Å². The highest BCUT2D eigenvalue weighted by Gasteiger charge is 2.08. The molecule has 0 amide bonds. The second kappa shape index (κ2) is 14.3. The van der Waals surface area contributed by atoms with Crippen molar-refractivity contribution in [2.45, 2.75) is 72.3 Å². The molecule has 0 saturated carbocycles. The lowest BCUT2D eigenvalue weighted by Crippen LogP contribution is -2.15. The molecule has 0 N–H and O–H groups in total. The quantitative estimate of drug-likeness (QED) is 0.360. The topological polar surface area (TPSA) is 44.8 Å². The van der Waals surface area contributed by atoms with Gasteiger partial charge in [0.1, 0.15) is 0 Å². The molecule has 0 rings (SSSR count). The molecule has 0 fully saturated rings. The van der Waals surface area contributed by atoms with E-state index in [0.29, 0.717) is 38.6 Å². The summed E-state index contributed by atoms with van der Waals surface area (Å²) in [7, 11) is 0. The molecule has 0 aromatic heterocycles. The van der Waals surface area contributed by atoms with Crippen LogP contribution in [0.5, 0.6) is 0 Å². The molecule has 0 heterocycles. The van der Waals surface area contributed by atoms with Crippen molar-refractivity contribution in [3.63, 3.8) is 0 Å². The van der Waals surface area contributed by atoms with Gasteiger partial charge in [-0.1, -0.05) is 33.6 Å². The molecule has 0 aliphatic heterocycles. The molecule has 0 radical (unpaired) electrons. The van der Waals surface area contributed by atoms with Gasteiger partial charge in [0.25, 0.3) is 0 Å². The molecule has 1 atom stereocenters. The Balaban J connectivity index is 3.33. The first-order valence-corrected chi connectivity index (χ1v) is 8.41. The first kappa shape index (κ1) is 20.4. The van der Waals surface area contributed by atoms with Crippen LogP contribution in [0.4, 0.5) is 0 Å². The largest absolute Gasteiger partial charge is 0.463 e. The Kier molecular flexibility index (Phi) is 13.9. The molecule has 0 aromatic carbocycles. The predicted molar refractivity (Wildman–Crippen MR) is 85.4 cm³/mol. The van der Waals surface area contributed by atoms with Crippen LogP contribution in [0.25, 0.3) is 0 Å². The van der Waals surface area contributed by atoms with Gasteiger partial charge in [-0.25, -0.2) is 0 Å². The molecular formula is C17H34O4. The molecule has 4 heteroatoms. The van der Waals surface area contributed by atoms with Gasteiger partial charge in [-0.15, -0.1) is 0 Å². The van der Waals surface area contributed by atoms with Crippen LogP contribution in [-0.4, -0.2) is 38.5 Å². The van der Waals surface area contributed by atoms with E-state index in [0.717, 1.165) is 19.4 Å². The van der Waals surface area contributed by atoms with Gasteiger partial charge in [0, 0.05) is 19.6 Å². The summed E-state index contributed by atoms with van der Waals surface area (Å²) in [5.74, 6) is 0.442. The summed E-state index contributed by atoms with van der Waals surface area (Å²) in [4.78, 5) is 11.6. The summed E-state index contributed by atoms with van der Waals surface area (Å²) >= 11 is 0. The molecule has 0 aliphatic carbocycles. The smallest absolute Gasteiger partial charge is 0.306 e. The first-order valence-electron chi connectivity index (χ1n) is 8.41. The lowest BCUT2D eigenvalue weighted by Gasteiger charge is -2.13. The van der Waals surface area contributed by atoms with Crippen molar-refractivity contribution < 1.29 is 19.0 Å². The summed E-state index contributed by atoms with van der Waals surface area (Å²) in [6, 6.07) is 0. The van der Waals surface area contributed by atoms with E-state index in [2.05, 4.69) is 20.8 Å². The van der Waals surface area contributed by atoms with Crippen LogP contribution >= 0.6 is 0 Å². The molecule has 0 aliphatic rings. The average Bonchev–Trinajstić information content (AvgIpc) is 2.41. The number of rotatable bonds is 14. The normalized spacial score (nSPS) is 12.6. The van der Waals surface area contributed by atoms with E-state index in [1.165, 1.54) is 12.8 Å². The van der Waals surface area contributed by atoms with Crippen molar-refractivity contribution in [3.05, 3.63) is 0 Å². The molecule has 21 heavy (non-hydrogen) atoms. The van der Waals surface area contributed by atoms with E-state index in [9.17, 15) is 4.79 Å². The highest BCUT2D eigenvalue weighted by molar-refractivity contribution is 5.69. The van der Waals surface area contributed by atoms with Gasteiger partial charge < -0.3 is 14.2 Å². The number of unbranched alkanes of at least 4 members (excludes halogenated alkanes) is 2. The SMILES string of the molecule is CCCCCC(C)OC(=O)CCCOCCOCC(C)C. The maximum atomic E-state index is 11.6. The van der Waals surface area contributed by atoms with Crippen molar-refractivity contribution in [1.29, 1.82) is 0 Å². The van der Waals surface area contributed by atoms with Gasteiger partial charge in [0.05, 0.1) is 19.3 Å². The summed E-state index contributed by atoms with van der Waals surface area (Å²) in [6.45, 7) is 11.0. The van der Waals surface area contributed by atoms with Crippen LogP contribution < -0.4 is 0 Å². The minimum absolute atomic E-state index is 0.0365. The van der Waals surface area contributed by atoms with E-state index >= 15 is 0 Å². The van der Waals surface area contributed by atoms with Crippen molar-refractivity contribution in [3.8, 4) is 0 Å². The molecule has 0 saturated heterocycles. The zero-order valence-corrected chi connectivity index (χ0v) is 14.4. The molecule has 1 unspecified atom stereocenters. The van der Waals surface area contributed by atoms with E-state index in [1.807, 2.05) is 6.92 Å². The van der Waals surface area contributed by atoms with Crippen molar-refractivity contribution in [2.75, 3.05) is 26.4 Å². The first-order chi connectivity index (χ1) is 10.1. The van der Waals surface area contributed by atoms with Gasteiger partial charge in [0.2, 0.25) is 0 Å². The highest BCUT2D eigenvalue weighted by Crippen LogP contribution is 2.07. The number of ether oxygens (including phenoxy) is 3. The second-order valence-electron chi connectivity index (χ2n) is 5.98. The van der Waals surface area contributed by atoms with Gasteiger partial charge in [-0.2, -0.15) is 0 Å². The van der Waals surface area contributed by atoms with Crippen LogP contribution in [0, 0.1) is 5.92 Å². The van der Waals surface area contributed by atoms with Gasteiger partial charge >= 0.3 is 5.97 Å². The third-order valence-corrected chi connectivity index (χ3v) is 3.04. The predicted octanol–water partition coefficient (Wildman–Crippen LogP) is 3.97. The summed E-state index contributed by atoms with van der Waals surface area (Å²) < 4.78 is 16.2. The van der Waals surface area contributed by atoms with Gasteiger partial charge in [-0.05, 0) is 32.1 Å². The van der Waals surface area contributed by atoms with Crippen molar-refractivity contribution >= 4 is 5.97 Å². The highest BCUT2D eigenvalue weighted by atomic mass is 16.5. The fourth-order valence-corrected chi connectivity index (χ4v) is 1.88. The van der Waals surface area contributed by atoms with Gasteiger partial charge in [-0.3, -0.25) is 4.79 Å². The van der Waals surface area contributed by atoms with Crippen molar-refractivity contribution in [2.24, 2.45) is 5.92 Å². The van der Waals surface area contributed by atoms with E-state index in [4.69, 9.17) is 14.2 Å². The fraction of sp³-hybridized carbons (Fsp3) is 0.941. The van der Waals surface area contributed by atoms with Crippen LogP contribution in [0.1, 0.15) is 66.2 Å². The Morgan fingerprint density at radius 1 is 0.952 bits per heavy atom. The lowest BCUT2D eigenvalue weighted by molar-refractivity contribution is -0.148. The second-order valence-corrected chi connectivity index (χ2v) is 5.98. The van der Waals surface area contributed by atoms with E-state index in [-0.39, 0.29) is 12.1 Å². The maximum absolute atomic E-state index is 11.6. The van der Waals surface area contributed by atoms with Crippen molar-refractivity contribution in [1.82, 2.24) is 0 Å². The Hall–Kier alpha value is -0.610. The van der Waals surface area contributed by atoms with Crippen LogP contribution in [-0.2, 0) is 19.0 Å². The lowest BCUT2D eigenvalue weighted by atomic mass is 10.1. The minimum atomic E-state index is -0.112. The monoisotopic (exact) mass is 302 g/mol. The minimum Gasteiger partial charge on any atom is -0.463 e. The molecule has 126 valence electrons. The van der Waals surface area contributed by atoms with Crippen LogP contribution in [0.2, 0.25) is 0 Å². The molecule has 4 nitrogen and oxygen atoms in total. The Labute approximate surface area is 130 Å². The zero-order chi connectivity index (χ0) is 15.9. The third-order valence-electron chi connectivity index (χ3n) is 3.04. The summed E-state index contributed by atoms with van der Waals surface area (Å²) in [5.41, 5.74) is 0. The number of hydrogen-bond donors (Lipinski definition) is 0. The Bertz CT molecular complexity index is 241. The Morgan fingerprint density at radius 3 is 2.33 bits per heavy atom. The molecule has 0 bridgehead atoms. The van der Waals surface area contributed by atoms with Crippen LogP contribution in [0.3, 0.4) is 0 Å². The molecule has 0 spiro atoms. The van der Waals surface area contributed by atoms with Crippen LogP contribution in [0.15, 0.2) is 0 Å². The zero-order valence-electron chi connectivity index (χ0n) is 14.4. The molecular weight excluding hydrogens is 268 g/mol. The fourth-order valence-electron chi connectivity index (χ4n) is 1.88. The summed E-state index contributed by atoms with van der Waals surface area (Å²) in [6.07, 6.45) is 5.67. The average molecular weight is 302 g/mol. The molecule has 0 aromatic rings. The Morgan fingerprint density at radius 2 is 1.67 bits per heavy atom. The number of carbonyl (C=O) groups is 1. The van der Waals surface area contributed by atoms with E-state index < -0.39 is 0 Å². The maximum Gasteiger partial charge on any atom is 0.306 e. The number of esters is 1. The number of hydrogen-bond acceptors (Lipinski definition) is 4. The number of carbonyl (C=O) groups excluding carboxylic acids is 1. The summed E-state index contributed by atoms with van der Waals surface area (Å²) in [5, 5.41) is 0. The van der Waals surface area contributed by atoms with Gasteiger partial charge in [0.15, 0.2) is 0 Å².